The van der Waals surface area contributed by atoms with Gasteiger partial charge in [0.05, 0.1) is 11.3 Å². The molecule has 2 aromatic heterocycles. The second-order valence-corrected chi connectivity index (χ2v) is 8.18. The number of hydrogen-bond acceptors (Lipinski definition) is 6. The quantitative estimate of drug-likeness (QED) is 0.554. The molecule has 2 atom stereocenters. The Bertz CT molecular complexity index is 1150. The summed E-state index contributed by atoms with van der Waals surface area (Å²) in [4.78, 5) is 23.0. The van der Waals surface area contributed by atoms with Crippen LogP contribution in [-0.4, -0.2) is 46.6 Å². The highest BCUT2D eigenvalue weighted by Crippen LogP contribution is 2.28. The SMILES string of the molecule is NC1CC(CO)CN(c2ccncc2CC(=O)c2nc(-c3c(F)cccc3F)ccc2F)C1. The Morgan fingerprint density at radius 2 is 1.85 bits per heavy atom. The first-order valence-electron chi connectivity index (χ1n) is 10.6. The first-order valence-corrected chi connectivity index (χ1v) is 10.6. The van der Waals surface area contributed by atoms with Crippen molar-refractivity contribution in [2.24, 2.45) is 11.7 Å². The second kappa shape index (κ2) is 9.68. The molecule has 1 aromatic carbocycles. The van der Waals surface area contributed by atoms with E-state index in [1.54, 1.807) is 12.3 Å². The Balaban J connectivity index is 1.64. The number of rotatable bonds is 6. The van der Waals surface area contributed by atoms with E-state index in [1.807, 2.05) is 4.90 Å². The van der Waals surface area contributed by atoms with Crippen LogP contribution in [0.5, 0.6) is 0 Å². The fourth-order valence-corrected chi connectivity index (χ4v) is 4.22. The van der Waals surface area contributed by atoms with Gasteiger partial charge < -0.3 is 15.7 Å². The summed E-state index contributed by atoms with van der Waals surface area (Å²) in [6.45, 7) is 1.10. The largest absolute Gasteiger partial charge is 0.396 e. The molecule has 0 aliphatic carbocycles. The van der Waals surface area contributed by atoms with Crippen molar-refractivity contribution in [3.8, 4) is 11.3 Å². The van der Waals surface area contributed by atoms with Gasteiger partial charge in [-0.1, -0.05) is 6.07 Å². The molecule has 9 heteroatoms. The predicted octanol–water partition coefficient (Wildman–Crippen LogP) is 3.13. The van der Waals surface area contributed by atoms with E-state index in [-0.39, 0.29) is 30.7 Å². The Hall–Kier alpha value is -3.30. The summed E-state index contributed by atoms with van der Waals surface area (Å²) >= 11 is 0. The van der Waals surface area contributed by atoms with Crippen LogP contribution in [0.4, 0.5) is 18.9 Å². The molecule has 1 saturated heterocycles. The number of pyridine rings is 2. The maximum Gasteiger partial charge on any atom is 0.188 e. The lowest BCUT2D eigenvalue weighted by Gasteiger charge is -2.38. The van der Waals surface area contributed by atoms with Crippen molar-refractivity contribution < 1.29 is 23.1 Å². The topological polar surface area (TPSA) is 92.3 Å². The molecular weight excluding hydrogens is 433 g/mol. The molecule has 1 aliphatic rings. The molecule has 0 radical (unpaired) electrons. The lowest BCUT2D eigenvalue weighted by atomic mass is 9.94. The molecule has 6 nitrogen and oxygen atoms in total. The van der Waals surface area contributed by atoms with Gasteiger partial charge in [0.15, 0.2) is 11.6 Å². The molecule has 0 amide bonds. The van der Waals surface area contributed by atoms with Crippen LogP contribution in [0.3, 0.4) is 0 Å². The minimum atomic E-state index is -0.883. The third kappa shape index (κ3) is 4.89. The number of benzene rings is 1. The Kier molecular flexibility index (Phi) is 6.71. The monoisotopic (exact) mass is 456 g/mol. The third-order valence-electron chi connectivity index (χ3n) is 5.73. The highest BCUT2D eigenvalue weighted by Gasteiger charge is 2.27. The number of anilines is 1. The lowest BCUT2D eigenvalue weighted by Crippen LogP contribution is -2.48. The number of piperidine rings is 1. The number of carbonyl (C=O) groups is 1. The second-order valence-electron chi connectivity index (χ2n) is 8.18. The molecule has 1 aliphatic heterocycles. The van der Waals surface area contributed by atoms with E-state index >= 15 is 0 Å². The summed E-state index contributed by atoms with van der Waals surface area (Å²) in [5.74, 6) is -3.26. The van der Waals surface area contributed by atoms with E-state index in [0.29, 0.717) is 30.8 Å². The van der Waals surface area contributed by atoms with Gasteiger partial charge in [0, 0.05) is 61.7 Å². The Morgan fingerprint density at radius 3 is 2.58 bits per heavy atom. The number of aromatic nitrogens is 2. The molecule has 1 fully saturated rings. The fraction of sp³-hybridized carbons (Fsp3) is 0.292. The van der Waals surface area contributed by atoms with Gasteiger partial charge in [0.1, 0.15) is 17.3 Å². The van der Waals surface area contributed by atoms with Crippen LogP contribution in [0.15, 0.2) is 48.8 Å². The Morgan fingerprint density at radius 1 is 1.09 bits per heavy atom. The Labute approximate surface area is 188 Å². The molecule has 3 N–H and O–H groups in total. The summed E-state index contributed by atoms with van der Waals surface area (Å²) in [5.41, 5.74) is 6.28. The number of hydrogen-bond donors (Lipinski definition) is 2. The van der Waals surface area contributed by atoms with Gasteiger partial charge in [-0.15, -0.1) is 0 Å². The average molecular weight is 456 g/mol. The summed E-state index contributed by atoms with van der Waals surface area (Å²) in [6.07, 6.45) is 3.57. The van der Waals surface area contributed by atoms with E-state index in [4.69, 9.17) is 5.73 Å². The van der Waals surface area contributed by atoms with Crippen LogP contribution in [0.1, 0.15) is 22.5 Å². The molecular formula is C24H23F3N4O2. The van der Waals surface area contributed by atoms with Crippen molar-refractivity contribution >= 4 is 11.5 Å². The maximum absolute atomic E-state index is 14.5. The minimum absolute atomic E-state index is 0.00191. The van der Waals surface area contributed by atoms with Gasteiger partial charge >= 0.3 is 0 Å². The molecule has 0 spiro atoms. The molecule has 3 heterocycles. The number of aliphatic hydroxyl groups is 1. The molecule has 3 aromatic rings. The van der Waals surface area contributed by atoms with E-state index < -0.39 is 34.5 Å². The van der Waals surface area contributed by atoms with Crippen molar-refractivity contribution in [1.29, 1.82) is 0 Å². The highest BCUT2D eigenvalue weighted by molar-refractivity contribution is 5.97. The van der Waals surface area contributed by atoms with Crippen LogP contribution in [0.2, 0.25) is 0 Å². The number of Topliss-reactive ketones (excluding diaryl/α,β-unsaturated/α-hetero) is 1. The molecule has 0 saturated carbocycles. The number of aliphatic hydroxyl groups excluding tert-OH is 1. The first-order chi connectivity index (χ1) is 15.9. The molecule has 0 bridgehead atoms. The number of ketones is 1. The first kappa shape index (κ1) is 22.9. The normalized spacial score (nSPS) is 18.4. The van der Waals surface area contributed by atoms with Crippen molar-refractivity contribution in [3.63, 3.8) is 0 Å². The van der Waals surface area contributed by atoms with Crippen molar-refractivity contribution in [3.05, 3.63) is 77.5 Å². The van der Waals surface area contributed by atoms with E-state index in [1.165, 1.54) is 12.3 Å². The molecule has 4 rings (SSSR count). The number of nitrogens with zero attached hydrogens (tertiary/aromatic N) is 3. The highest BCUT2D eigenvalue weighted by atomic mass is 19.1. The zero-order valence-corrected chi connectivity index (χ0v) is 17.7. The van der Waals surface area contributed by atoms with Gasteiger partial charge in [-0.3, -0.25) is 9.78 Å². The molecule has 2 unspecified atom stereocenters. The summed E-state index contributed by atoms with van der Waals surface area (Å²) in [7, 11) is 0. The van der Waals surface area contributed by atoms with Gasteiger partial charge in [0.25, 0.3) is 0 Å². The van der Waals surface area contributed by atoms with E-state index in [0.717, 1.165) is 24.3 Å². The third-order valence-corrected chi connectivity index (χ3v) is 5.73. The molecule has 33 heavy (non-hydrogen) atoms. The van der Waals surface area contributed by atoms with Crippen LogP contribution < -0.4 is 10.6 Å². The summed E-state index contributed by atoms with van der Waals surface area (Å²) < 4.78 is 42.8. The average Bonchev–Trinajstić information content (AvgIpc) is 2.79. The minimum Gasteiger partial charge on any atom is -0.396 e. The van der Waals surface area contributed by atoms with E-state index in [9.17, 15) is 23.1 Å². The van der Waals surface area contributed by atoms with Gasteiger partial charge in [-0.2, -0.15) is 0 Å². The standard InChI is InChI=1S/C24H23F3N4O2/c25-17-2-1-3-18(26)23(17)20-5-4-19(27)24(30-20)22(33)9-15-10-29-7-6-21(15)31-11-14(13-32)8-16(28)12-31/h1-7,10,14,16,32H,8-9,11-13,28H2. The van der Waals surface area contributed by atoms with Gasteiger partial charge in [-0.05, 0) is 36.8 Å². The van der Waals surface area contributed by atoms with Crippen LogP contribution in [0, 0.1) is 23.4 Å². The number of halogens is 3. The van der Waals surface area contributed by atoms with Crippen LogP contribution in [-0.2, 0) is 6.42 Å². The van der Waals surface area contributed by atoms with Crippen LogP contribution in [0.25, 0.3) is 11.3 Å². The van der Waals surface area contributed by atoms with Crippen LogP contribution >= 0.6 is 0 Å². The zero-order valence-electron chi connectivity index (χ0n) is 17.7. The summed E-state index contributed by atoms with van der Waals surface area (Å²) in [6, 6.07) is 7.05. The predicted molar refractivity (Wildman–Crippen MR) is 117 cm³/mol. The number of nitrogens with two attached hydrogens (primary N) is 1. The van der Waals surface area contributed by atoms with Gasteiger partial charge in [-0.25, -0.2) is 18.2 Å². The van der Waals surface area contributed by atoms with Crippen molar-refractivity contribution in [2.75, 3.05) is 24.6 Å². The van der Waals surface area contributed by atoms with Gasteiger partial charge in [0.2, 0.25) is 0 Å². The van der Waals surface area contributed by atoms with Crippen molar-refractivity contribution in [2.45, 2.75) is 18.9 Å². The molecule has 172 valence electrons. The number of carbonyl (C=O) groups excluding carboxylic acids is 1. The lowest BCUT2D eigenvalue weighted by molar-refractivity contribution is 0.0984. The van der Waals surface area contributed by atoms with Crippen molar-refractivity contribution in [1.82, 2.24) is 9.97 Å². The maximum atomic E-state index is 14.5. The van der Waals surface area contributed by atoms with E-state index in [2.05, 4.69) is 9.97 Å². The fourth-order valence-electron chi connectivity index (χ4n) is 4.22. The smallest absolute Gasteiger partial charge is 0.188 e. The zero-order chi connectivity index (χ0) is 23.5. The summed E-state index contributed by atoms with van der Waals surface area (Å²) in [5, 5.41) is 9.57.